The zero-order chi connectivity index (χ0) is 20.9. The molecule has 4 rings (SSSR count). The molecular weight excluding hydrogens is 378 g/mol. The third-order valence-electron chi connectivity index (χ3n) is 5.53. The zero-order valence-electron chi connectivity index (χ0n) is 17.4. The normalized spacial score (nSPS) is 16.1. The van der Waals surface area contributed by atoms with Crippen LogP contribution >= 0.6 is 0 Å². The summed E-state index contributed by atoms with van der Waals surface area (Å²) in [6.45, 7) is 2.72. The van der Waals surface area contributed by atoms with Crippen LogP contribution in [-0.4, -0.2) is 39.1 Å². The van der Waals surface area contributed by atoms with Gasteiger partial charge in [0, 0.05) is 25.5 Å². The number of para-hydroxylation sites is 2. The molecule has 0 unspecified atom stereocenters. The quantitative estimate of drug-likeness (QED) is 0.603. The van der Waals surface area contributed by atoms with E-state index in [1.807, 2.05) is 65.2 Å². The van der Waals surface area contributed by atoms with Crippen molar-refractivity contribution >= 4 is 5.91 Å². The standard InChI is InChI=1S/C24H27N3O3/c1-18(12-13-19-8-4-3-5-9-19)27(16-23-25-14-15-26(23)2)24(28)22-17-29-20-10-6-7-11-21(20)30-22/h3-11,14-15,18,22H,12-13,16-17H2,1-2H3/t18-,22-/m1/s1. The third kappa shape index (κ3) is 4.48. The van der Waals surface area contributed by atoms with Gasteiger partial charge in [0.2, 0.25) is 6.10 Å². The number of aryl methyl sites for hydroxylation is 2. The molecule has 0 saturated heterocycles. The van der Waals surface area contributed by atoms with Crippen LogP contribution in [0.1, 0.15) is 24.7 Å². The number of aromatic nitrogens is 2. The van der Waals surface area contributed by atoms with Gasteiger partial charge >= 0.3 is 0 Å². The molecule has 2 heterocycles. The number of fused-ring (bicyclic) bond motifs is 1. The molecule has 1 aromatic heterocycles. The van der Waals surface area contributed by atoms with E-state index in [1.165, 1.54) is 5.56 Å². The number of rotatable bonds is 7. The van der Waals surface area contributed by atoms with Crippen LogP contribution in [0.3, 0.4) is 0 Å². The SMILES string of the molecule is C[C@H](CCc1ccccc1)N(Cc1nccn1C)C(=O)[C@H]1COc2ccccc2O1. The van der Waals surface area contributed by atoms with E-state index in [1.54, 1.807) is 6.20 Å². The Morgan fingerprint density at radius 1 is 1.17 bits per heavy atom. The van der Waals surface area contributed by atoms with Gasteiger partial charge in [0.05, 0.1) is 6.54 Å². The molecule has 1 aliphatic rings. The van der Waals surface area contributed by atoms with Crippen LogP contribution in [0.25, 0.3) is 0 Å². The lowest BCUT2D eigenvalue weighted by atomic mass is 10.0. The Morgan fingerprint density at radius 3 is 2.63 bits per heavy atom. The van der Waals surface area contributed by atoms with Gasteiger partial charge < -0.3 is 18.9 Å². The predicted octanol–water partition coefficient (Wildman–Crippen LogP) is 3.61. The van der Waals surface area contributed by atoms with E-state index in [0.717, 1.165) is 18.7 Å². The van der Waals surface area contributed by atoms with Crippen LogP contribution in [0.15, 0.2) is 67.0 Å². The minimum absolute atomic E-state index is 0.0233. The van der Waals surface area contributed by atoms with Gasteiger partial charge in [-0.15, -0.1) is 0 Å². The van der Waals surface area contributed by atoms with E-state index < -0.39 is 6.10 Å². The second-order valence-corrected chi connectivity index (χ2v) is 7.66. The lowest BCUT2D eigenvalue weighted by molar-refractivity contribution is -0.144. The summed E-state index contributed by atoms with van der Waals surface area (Å²) in [6, 6.07) is 17.8. The number of carbonyl (C=O) groups is 1. The van der Waals surface area contributed by atoms with E-state index in [9.17, 15) is 4.79 Å². The highest BCUT2D eigenvalue weighted by atomic mass is 16.6. The first-order valence-corrected chi connectivity index (χ1v) is 10.3. The number of amides is 1. The van der Waals surface area contributed by atoms with Crippen molar-refractivity contribution in [3.63, 3.8) is 0 Å². The van der Waals surface area contributed by atoms with E-state index in [4.69, 9.17) is 9.47 Å². The number of benzene rings is 2. The zero-order valence-corrected chi connectivity index (χ0v) is 17.4. The van der Waals surface area contributed by atoms with Crippen molar-refractivity contribution in [2.24, 2.45) is 7.05 Å². The van der Waals surface area contributed by atoms with Gasteiger partial charge in [0.15, 0.2) is 11.5 Å². The van der Waals surface area contributed by atoms with Gasteiger partial charge in [-0.05, 0) is 37.5 Å². The number of ether oxygens (including phenoxy) is 2. The first-order chi connectivity index (χ1) is 14.6. The van der Waals surface area contributed by atoms with Crippen LogP contribution < -0.4 is 9.47 Å². The maximum Gasteiger partial charge on any atom is 0.267 e. The maximum atomic E-state index is 13.5. The van der Waals surface area contributed by atoms with Gasteiger partial charge in [-0.25, -0.2) is 4.98 Å². The van der Waals surface area contributed by atoms with Gasteiger partial charge in [0.25, 0.3) is 5.91 Å². The molecule has 0 N–H and O–H groups in total. The third-order valence-corrected chi connectivity index (χ3v) is 5.53. The number of carbonyl (C=O) groups excluding carboxylic acids is 1. The molecule has 0 spiro atoms. The summed E-state index contributed by atoms with van der Waals surface area (Å²) < 4.78 is 13.7. The van der Waals surface area contributed by atoms with Crippen LogP contribution in [0, 0.1) is 0 Å². The molecule has 3 aromatic rings. The Labute approximate surface area is 177 Å². The summed E-state index contributed by atoms with van der Waals surface area (Å²) in [6.07, 6.45) is 4.73. The lowest BCUT2D eigenvalue weighted by Crippen LogP contribution is -2.49. The van der Waals surface area contributed by atoms with Gasteiger partial charge in [-0.3, -0.25) is 4.79 Å². The minimum atomic E-state index is -0.667. The smallest absolute Gasteiger partial charge is 0.267 e. The Morgan fingerprint density at radius 2 is 1.90 bits per heavy atom. The summed E-state index contributed by atoms with van der Waals surface area (Å²) in [4.78, 5) is 19.8. The van der Waals surface area contributed by atoms with E-state index in [0.29, 0.717) is 18.0 Å². The molecule has 0 bridgehead atoms. The van der Waals surface area contributed by atoms with Crippen LogP contribution in [0.5, 0.6) is 11.5 Å². The molecule has 6 heteroatoms. The summed E-state index contributed by atoms with van der Waals surface area (Å²) in [5, 5.41) is 0. The lowest BCUT2D eigenvalue weighted by Gasteiger charge is -2.34. The fourth-order valence-electron chi connectivity index (χ4n) is 3.65. The minimum Gasteiger partial charge on any atom is -0.485 e. The molecule has 2 aromatic carbocycles. The van der Waals surface area contributed by atoms with E-state index >= 15 is 0 Å². The van der Waals surface area contributed by atoms with Crippen LogP contribution in [0.2, 0.25) is 0 Å². The topological polar surface area (TPSA) is 56.6 Å². The highest BCUT2D eigenvalue weighted by Gasteiger charge is 2.33. The Hall–Kier alpha value is -3.28. The van der Waals surface area contributed by atoms with Crippen molar-refractivity contribution in [3.8, 4) is 11.5 Å². The van der Waals surface area contributed by atoms with Crippen LogP contribution in [-0.2, 0) is 24.8 Å². The van der Waals surface area contributed by atoms with Crippen LogP contribution in [0.4, 0.5) is 0 Å². The molecule has 2 atom stereocenters. The first kappa shape index (κ1) is 20.0. The summed E-state index contributed by atoms with van der Waals surface area (Å²) in [7, 11) is 1.94. The number of nitrogens with zero attached hydrogens (tertiary/aromatic N) is 3. The van der Waals surface area contributed by atoms with Gasteiger partial charge in [-0.2, -0.15) is 0 Å². The molecule has 0 saturated carbocycles. The molecule has 0 radical (unpaired) electrons. The van der Waals surface area contributed by atoms with Crippen molar-refractivity contribution in [3.05, 3.63) is 78.4 Å². The summed E-state index contributed by atoms with van der Waals surface area (Å²) >= 11 is 0. The van der Waals surface area contributed by atoms with E-state index in [2.05, 4.69) is 24.0 Å². The average molecular weight is 405 g/mol. The Bertz CT molecular complexity index is 986. The molecule has 6 nitrogen and oxygen atoms in total. The molecule has 0 aliphatic carbocycles. The average Bonchev–Trinajstić information content (AvgIpc) is 3.20. The molecular formula is C24H27N3O3. The highest BCUT2D eigenvalue weighted by Crippen LogP contribution is 2.31. The fraction of sp³-hybridized carbons (Fsp3) is 0.333. The Kier molecular flexibility index (Phi) is 6.02. The second-order valence-electron chi connectivity index (χ2n) is 7.66. The van der Waals surface area contributed by atoms with Crippen molar-refractivity contribution < 1.29 is 14.3 Å². The predicted molar refractivity (Wildman–Crippen MR) is 114 cm³/mol. The number of hydrogen-bond donors (Lipinski definition) is 0. The van der Waals surface area contributed by atoms with Crippen molar-refractivity contribution in [2.45, 2.75) is 38.5 Å². The summed E-state index contributed by atoms with van der Waals surface area (Å²) in [5.74, 6) is 2.05. The molecule has 156 valence electrons. The first-order valence-electron chi connectivity index (χ1n) is 10.3. The van der Waals surface area contributed by atoms with Crippen molar-refractivity contribution in [1.29, 1.82) is 0 Å². The Balaban J connectivity index is 1.50. The van der Waals surface area contributed by atoms with Crippen molar-refractivity contribution in [2.75, 3.05) is 6.61 Å². The van der Waals surface area contributed by atoms with E-state index in [-0.39, 0.29) is 18.6 Å². The largest absolute Gasteiger partial charge is 0.485 e. The maximum absolute atomic E-state index is 13.5. The van der Waals surface area contributed by atoms with Gasteiger partial charge in [-0.1, -0.05) is 42.5 Å². The summed E-state index contributed by atoms with van der Waals surface area (Å²) in [5.41, 5.74) is 1.26. The molecule has 30 heavy (non-hydrogen) atoms. The number of hydrogen-bond acceptors (Lipinski definition) is 4. The van der Waals surface area contributed by atoms with Gasteiger partial charge in [0.1, 0.15) is 12.4 Å². The highest BCUT2D eigenvalue weighted by molar-refractivity contribution is 5.82. The second kappa shape index (κ2) is 9.03. The monoisotopic (exact) mass is 405 g/mol. The fourth-order valence-corrected chi connectivity index (χ4v) is 3.65. The molecule has 1 amide bonds. The molecule has 0 fully saturated rings. The molecule has 1 aliphatic heterocycles. The van der Waals surface area contributed by atoms with Crippen molar-refractivity contribution in [1.82, 2.24) is 14.5 Å². The number of imidazole rings is 1.